The van der Waals surface area contributed by atoms with Gasteiger partial charge in [0, 0.05) is 24.2 Å². The number of benzene rings is 1. The molecule has 1 aromatic heterocycles. The smallest absolute Gasteiger partial charge is 0.163 e. The molecule has 0 bridgehead atoms. The molecule has 2 atom stereocenters. The summed E-state index contributed by atoms with van der Waals surface area (Å²) in [6, 6.07) is 5.72. The first-order chi connectivity index (χ1) is 10.1. The average Bonchev–Trinajstić information content (AvgIpc) is 2.95. The van der Waals surface area contributed by atoms with E-state index in [0.717, 1.165) is 18.2 Å². The fourth-order valence-electron chi connectivity index (χ4n) is 2.18. The highest BCUT2D eigenvalue weighted by Crippen LogP contribution is 2.22. The molecule has 0 radical (unpaired) electrons. The van der Waals surface area contributed by atoms with Crippen LogP contribution in [0.4, 0.5) is 8.78 Å². The molecule has 2 rings (SSSR count). The topological polar surface area (TPSA) is 55.9 Å². The van der Waals surface area contributed by atoms with Gasteiger partial charge in [-0.15, -0.1) is 0 Å². The van der Waals surface area contributed by atoms with E-state index in [-0.39, 0.29) is 5.56 Å². The summed E-state index contributed by atoms with van der Waals surface area (Å²) >= 11 is 0. The second-order valence-electron chi connectivity index (χ2n) is 5.11. The minimum absolute atomic E-state index is 0.204. The third kappa shape index (κ3) is 3.46. The Bertz CT molecular complexity index is 597. The molecular weight excluding hydrogens is 274 g/mol. The predicted octanol–water partition coefficient (Wildman–Crippen LogP) is 2.88. The van der Waals surface area contributed by atoms with E-state index >= 15 is 0 Å². The molecule has 1 aromatic carbocycles. The number of nitrogens with zero attached hydrogens (tertiary/aromatic N) is 2. The Labute approximate surface area is 122 Å². The number of hydrogen-bond acceptors (Lipinski definition) is 3. The molecule has 0 saturated carbocycles. The summed E-state index contributed by atoms with van der Waals surface area (Å²) in [6.45, 7) is 4.15. The van der Waals surface area contributed by atoms with Crippen molar-refractivity contribution in [1.82, 2.24) is 15.2 Å². The minimum Gasteiger partial charge on any atom is -0.271 e. The van der Waals surface area contributed by atoms with Crippen molar-refractivity contribution in [2.45, 2.75) is 38.8 Å². The SMILES string of the molecule is CCC(C)n1ccc(CC(NN)c2cccc(F)c2F)n1. The average molecular weight is 294 g/mol. The Hall–Kier alpha value is -1.79. The van der Waals surface area contributed by atoms with Crippen LogP contribution in [-0.2, 0) is 6.42 Å². The van der Waals surface area contributed by atoms with Gasteiger partial charge in [-0.25, -0.2) is 8.78 Å². The maximum Gasteiger partial charge on any atom is 0.163 e. The van der Waals surface area contributed by atoms with Crippen molar-refractivity contribution in [1.29, 1.82) is 0 Å². The maximum absolute atomic E-state index is 13.8. The highest BCUT2D eigenvalue weighted by atomic mass is 19.2. The molecule has 6 heteroatoms. The van der Waals surface area contributed by atoms with Crippen molar-refractivity contribution in [3.63, 3.8) is 0 Å². The van der Waals surface area contributed by atoms with Gasteiger partial charge in [0.15, 0.2) is 11.6 Å². The normalized spacial score (nSPS) is 14.1. The molecule has 0 aliphatic carbocycles. The molecule has 0 spiro atoms. The van der Waals surface area contributed by atoms with E-state index in [2.05, 4.69) is 24.4 Å². The Balaban J connectivity index is 2.19. The van der Waals surface area contributed by atoms with Crippen molar-refractivity contribution in [2.24, 2.45) is 5.84 Å². The van der Waals surface area contributed by atoms with E-state index in [0.29, 0.717) is 12.5 Å². The van der Waals surface area contributed by atoms with E-state index < -0.39 is 17.7 Å². The second-order valence-corrected chi connectivity index (χ2v) is 5.11. The van der Waals surface area contributed by atoms with Crippen molar-refractivity contribution >= 4 is 0 Å². The first kappa shape index (κ1) is 15.6. The second kappa shape index (κ2) is 6.78. The van der Waals surface area contributed by atoms with Gasteiger partial charge in [0.25, 0.3) is 0 Å². The zero-order valence-electron chi connectivity index (χ0n) is 12.2. The van der Waals surface area contributed by atoms with E-state index in [4.69, 9.17) is 5.84 Å². The van der Waals surface area contributed by atoms with Crippen LogP contribution in [0.2, 0.25) is 0 Å². The van der Waals surface area contributed by atoms with Gasteiger partial charge in [-0.05, 0) is 25.5 Å². The fourth-order valence-corrected chi connectivity index (χ4v) is 2.18. The first-order valence-electron chi connectivity index (χ1n) is 7.00. The lowest BCUT2D eigenvalue weighted by Gasteiger charge is -2.16. The summed E-state index contributed by atoms with van der Waals surface area (Å²) in [5.74, 6) is 3.74. The molecule has 0 aliphatic rings. The fraction of sp³-hybridized carbons (Fsp3) is 0.400. The Morgan fingerprint density at radius 2 is 2.10 bits per heavy atom. The van der Waals surface area contributed by atoms with Gasteiger partial charge in [0.05, 0.1) is 11.7 Å². The summed E-state index contributed by atoms with van der Waals surface area (Å²) in [6.07, 6.45) is 3.25. The summed E-state index contributed by atoms with van der Waals surface area (Å²) in [5.41, 5.74) is 3.52. The summed E-state index contributed by atoms with van der Waals surface area (Å²) in [7, 11) is 0. The number of nitrogens with one attached hydrogen (secondary N) is 1. The molecule has 21 heavy (non-hydrogen) atoms. The molecular formula is C15H20F2N4. The Morgan fingerprint density at radius 1 is 1.33 bits per heavy atom. The number of hydrazine groups is 1. The van der Waals surface area contributed by atoms with Crippen molar-refractivity contribution in [2.75, 3.05) is 0 Å². The zero-order chi connectivity index (χ0) is 15.4. The number of nitrogens with two attached hydrogens (primary N) is 1. The van der Waals surface area contributed by atoms with Crippen LogP contribution >= 0.6 is 0 Å². The van der Waals surface area contributed by atoms with Gasteiger partial charge >= 0.3 is 0 Å². The first-order valence-corrected chi connectivity index (χ1v) is 7.00. The summed E-state index contributed by atoms with van der Waals surface area (Å²) in [5, 5.41) is 4.45. The van der Waals surface area contributed by atoms with Gasteiger partial charge in [-0.3, -0.25) is 16.0 Å². The van der Waals surface area contributed by atoms with Crippen LogP contribution in [0.1, 0.15) is 43.6 Å². The van der Waals surface area contributed by atoms with Gasteiger partial charge in [-0.1, -0.05) is 19.1 Å². The molecule has 0 saturated heterocycles. The molecule has 3 N–H and O–H groups in total. The molecule has 1 heterocycles. The molecule has 0 amide bonds. The number of rotatable bonds is 6. The Kier molecular flexibility index (Phi) is 5.03. The van der Waals surface area contributed by atoms with Crippen LogP contribution in [0.3, 0.4) is 0 Å². The van der Waals surface area contributed by atoms with Crippen molar-refractivity contribution in [3.05, 3.63) is 53.4 Å². The van der Waals surface area contributed by atoms with Crippen LogP contribution in [0, 0.1) is 11.6 Å². The quantitative estimate of drug-likeness (QED) is 0.636. The van der Waals surface area contributed by atoms with Crippen molar-refractivity contribution < 1.29 is 8.78 Å². The third-order valence-electron chi connectivity index (χ3n) is 3.68. The van der Waals surface area contributed by atoms with Gasteiger partial charge in [-0.2, -0.15) is 5.10 Å². The lowest BCUT2D eigenvalue weighted by atomic mass is 10.0. The van der Waals surface area contributed by atoms with Crippen LogP contribution in [-0.4, -0.2) is 9.78 Å². The maximum atomic E-state index is 13.8. The number of hydrogen-bond donors (Lipinski definition) is 2. The predicted molar refractivity (Wildman–Crippen MR) is 77.4 cm³/mol. The van der Waals surface area contributed by atoms with Crippen LogP contribution < -0.4 is 11.3 Å². The molecule has 2 unspecified atom stereocenters. The number of halogens is 2. The van der Waals surface area contributed by atoms with Crippen LogP contribution in [0.25, 0.3) is 0 Å². The van der Waals surface area contributed by atoms with Gasteiger partial charge in [0.2, 0.25) is 0 Å². The third-order valence-corrected chi connectivity index (χ3v) is 3.68. The molecule has 0 fully saturated rings. The standard InChI is InChI=1S/C15H20F2N4/c1-3-10(2)21-8-7-11(20-21)9-14(19-18)12-5-4-6-13(16)15(12)17/h4-8,10,14,19H,3,9,18H2,1-2H3. The largest absolute Gasteiger partial charge is 0.271 e. The molecule has 4 nitrogen and oxygen atoms in total. The zero-order valence-corrected chi connectivity index (χ0v) is 12.2. The highest BCUT2D eigenvalue weighted by molar-refractivity contribution is 5.24. The minimum atomic E-state index is -0.877. The molecule has 0 aliphatic heterocycles. The summed E-state index contributed by atoms with van der Waals surface area (Å²) < 4.78 is 29.0. The van der Waals surface area contributed by atoms with Crippen LogP contribution in [0.15, 0.2) is 30.5 Å². The van der Waals surface area contributed by atoms with E-state index in [1.807, 2.05) is 16.9 Å². The lowest BCUT2D eigenvalue weighted by molar-refractivity contribution is 0.452. The van der Waals surface area contributed by atoms with Crippen molar-refractivity contribution in [3.8, 4) is 0 Å². The van der Waals surface area contributed by atoms with Crippen LogP contribution in [0.5, 0.6) is 0 Å². The van der Waals surface area contributed by atoms with Gasteiger partial charge in [0.1, 0.15) is 0 Å². The van der Waals surface area contributed by atoms with E-state index in [9.17, 15) is 8.78 Å². The lowest BCUT2D eigenvalue weighted by Crippen LogP contribution is -2.30. The van der Waals surface area contributed by atoms with E-state index in [1.165, 1.54) is 12.1 Å². The van der Waals surface area contributed by atoms with E-state index in [1.54, 1.807) is 0 Å². The molecule has 2 aromatic rings. The summed E-state index contributed by atoms with van der Waals surface area (Å²) in [4.78, 5) is 0. The number of aromatic nitrogens is 2. The highest BCUT2D eigenvalue weighted by Gasteiger charge is 2.19. The monoisotopic (exact) mass is 294 g/mol. The van der Waals surface area contributed by atoms with Gasteiger partial charge < -0.3 is 0 Å². The molecule has 114 valence electrons. The Morgan fingerprint density at radius 3 is 2.76 bits per heavy atom.